The lowest BCUT2D eigenvalue weighted by Gasteiger charge is -2.34. The van der Waals surface area contributed by atoms with Gasteiger partial charge in [-0.2, -0.15) is 4.31 Å². The van der Waals surface area contributed by atoms with Gasteiger partial charge >= 0.3 is 11.8 Å². The molecule has 150 valence electrons. The average molecular weight is 399 g/mol. The number of sulfonamides is 1. The summed E-state index contributed by atoms with van der Waals surface area (Å²) in [6.45, 7) is 2.89. The number of aryl methyl sites for hydroxylation is 1. The number of hydrogen-bond acceptors (Lipinski definition) is 6. The first-order valence-electron chi connectivity index (χ1n) is 8.61. The molecule has 0 saturated carbocycles. The molecule has 0 spiro atoms. The molecule has 0 radical (unpaired) electrons. The van der Waals surface area contributed by atoms with E-state index in [1.807, 2.05) is 6.92 Å². The van der Waals surface area contributed by atoms with Crippen LogP contribution >= 0.6 is 0 Å². The number of hydrogen-bond donors (Lipinski definition) is 2. The summed E-state index contributed by atoms with van der Waals surface area (Å²) in [7, 11) is -2.29. The Labute approximate surface area is 159 Å². The van der Waals surface area contributed by atoms with Crippen LogP contribution in [0.25, 0.3) is 0 Å². The fourth-order valence-electron chi connectivity index (χ4n) is 2.56. The molecule has 0 bridgehead atoms. The van der Waals surface area contributed by atoms with E-state index < -0.39 is 28.1 Å². The summed E-state index contributed by atoms with van der Waals surface area (Å²) in [5.74, 6) is -1.66. The quantitative estimate of drug-likeness (QED) is 0.477. The summed E-state index contributed by atoms with van der Waals surface area (Å²) in [6.07, 6.45) is -0.326. The molecule has 9 nitrogen and oxygen atoms in total. The summed E-state index contributed by atoms with van der Waals surface area (Å²) in [6, 6.07) is 6.52. The molecule has 1 atom stereocenters. The summed E-state index contributed by atoms with van der Waals surface area (Å²) >= 11 is 0. The van der Waals surface area contributed by atoms with Gasteiger partial charge in [0.05, 0.1) is 24.7 Å². The molecule has 2 N–H and O–H groups in total. The van der Waals surface area contributed by atoms with E-state index in [0.29, 0.717) is 13.0 Å². The van der Waals surface area contributed by atoms with Gasteiger partial charge in [-0.1, -0.05) is 17.7 Å². The zero-order valence-corrected chi connectivity index (χ0v) is 16.3. The van der Waals surface area contributed by atoms with Gasteiger partial charge in [0.1, 0.15) is 6.23 Å². The van der Waals surface area contributed by atoms with E-state index in [1.54, 1.807) is 12.1 Å². The van der Waals surface area contributed by atoms with Gasteiger partial charge in [0.2, 0.25) is 10.0 Å². The van der Waals surface area contributed by atoms with Crippen LogP contribution in [0.4, 0.5) is 0 Å². The van der Waals surface area contributed by atoms with Crippen molar-refractivity contribution in [1.82, 2.24) is 14.9 Å². The molecule has 1 aromatic carbocycles. The van der Waals surface area contributed by atoms with Gasteiger partial charge in [0, 0.05) is 20.2 Å². The first-order chi connectivity index (χ1) is 12.9. The van der Waals surface area contributed by atoms with Crippen molar-refractivity contribution in [3.63, 3.8) is 0 Å². The Morgan fingerprint density at radius 3 is 2.56 bits per heavy atom. The van der Waals surface area contributed by atoms with Gasteiger partial charge in [-0.3, -0.25) is 9.59 Å². The highest BCUT2D eigenvalue weighted by Crippen LogP contribution is 2.22. The third kappa shape index (κ3) is 5.73. The van der Waals surface area contributed by atoms with Crippen molar-refractivity contribution in [2.45, 2.75) is 24.5 Å². The highest BCUT2D eigenvalue weighted by molar-refractivity contribution is 7.89. The van der Waals surface area contributed by atoms with E-state index in [9.17, 15) is 18.0 Å². The van der Waals surface area contributed by atoms with Gasteiger partial charge in [0.25, 0.3) is 0 Å². The number of nitrogens with zero attached hydrogens (tertiary/aromatic N) is 1. The predicted molar refractivity (Wildman–Crippen MR) is 97.3 cm³/mol. The summed E-state index contributed by atoms with van der Waals surface area (Å²) in [4.78, 5) is 23.7. The maximum atomic E-state index is 12.9. The second kappa shape index (κ2) is 9.79. The molecule has 0 aromatic heterocycles. The third-order valence-electron chi connectivity index (χ3n) is 4.02. The van der Waals surface area contributed by atoms with Gasteiger partial charge in [0.15, 0.2) is 0 Å². The van der Waals surface area contributed by atoms with Crippen molar-refractivity contribution < 1.29 is 27.5 Å². The molecule has 1 heterocycles. The first-order valence-corrected chi connectivity index (χ1v) is 10.1. The van der Waals surface area contributed by atoms with Crippen molar-refractivity contribution >= 4 is 21.8 Å². The summed E-state index contributed by atoms with van der Waals surface area (Å²) < 4.78 is 37.3. The van der Waals surface area contributed by atoms with Crippen molar-refractivity contribution in [3.8, 4) is 0 Å². The Bertz CT molecular complexity index is 750. The molecule has 1 fully saturated rings. The van der Waals surface area contributed by atoms with Crippen molar-refractivity contribution in [3.05, 3.63) is 29.8 Å². The molecule has 1 aromatic rings. The van der Waals surface area contributed by atoms with Crippen LogP contribution in [0, 0.1) is 6.92 Å². The van der Waals surface area contributed by atoms with E-state index in [0.717, 1.165) is 5.56 Å². The number of ether oxygens (including phenoxy) is 2. The van der Waals surface area contributed by atoms with Crippen molar-refractivity contribution in [2.75, 3.05) is 40.0 Å². The highest BCUT2D eigenvalue weighted by atomic mass is 32.2. The minimum Gasteiger partial charge on any atom is -0.383 e. The number of amides is 2. The predicted octanol–water partition coefficient (Wildman–Crippen LogP) is -0.389. The van der Waals surface area contributed by atoms with E-state index in [1.165, 1.54) is 23.5 Å². The van der Waals surface area contributed by atoms with Crippen molar-refractivity contribution in [1.29, 1.82) is 0 Å². The average Bonchev–Trinajstić information content (AvgIpc) is 2.66. The molecule has 1 aliphatic rings. The van der Waals surface area contributed by atoms with E-state index in [-0.39, 0.29) is 31.1 Å². The van der Waals surface area contributed by atoms with Crippen LogP contribution in [0.2, 0.25) is 0 Å². The first kappa shape index (κ1) is 21.3. The van der Waals surface area contributed by atoms with Gasteiger partial charge in [-0.05, 0) is 25.5 Å². The van der Waals surface area contributed by atoms with E-state index in [4.69, 9.17) is 9.47 Å². The minimum atomic E-state index is -3.77. The number of nitrogens with one attached hydrogen (secondary N) is 2. The number of benzene rings is 1. The summed E-state index contributed by atoms with van der Waals surface area (Å²) in [5, 5.41) is 4.81. The van der Waals surface area contributed by atoms with E-state index in [2.05, 4.69) is 10.6 Å². The zero-order valence-electron chi connectivity index (χ0n) is 15.4. The standard InChI is InChI=1S/C17H25N3O6S/c1-13-4-6-14(7-5-13)27(23,24)20-9-3-10-26-15(20)12-19-17(22)16(21)18-8-11-25-2/h4-7,15H,3,8-12H2,1-2H3,(H,18,21)(H,19,22). The number of carbonyl (C=O) groups is 2. The van der Waals surface area contributed by atoms with Crippen LogP contribution in [0.15, 0.2) is 29.2 Å². The molecule has 2 amide bonds. The van der Waals surface area contributed by atoms with Crippen LogP contribution in [0.5, 0.6) is 0 Å². The molecule has 1 saturated heterocycles. The molecule has 10 heteroatoms. The number of rotatable bonds is 7. The van der Waals surface area contributed by atoms with Crippen LogP contribution in [-0.4, -0.2) is 70.7 Å². The number of methoxy groups -OCH3 is 1. The van der Waals surface area contributed by atoms with Crippen LogP contribution < -0.4 is 10.6 Å². The Morgan fingerprint density at radius 1 is 1.22 bits per heavy atom. The van der Waals surface area contributed by atoms with Crippen LogP contribution in [0.3, 0.4) is 0 Å². The molecule has 1 aliphatic heterocycles. The molecule has 27 heavy (non-hydrogen) atoms. The fourth-order valence-corrected chi connectivity index (χ4v) is 4.12. The maximum absolute atomic E-state index is 12.9. The zero-order chi connectivity index (χ0) is 19.9. The monoisotopic (exact) mass is 399 g/mol. The molecule has 1 unspecified atom stereocenters. The second-order valence-electron chi connectivity index (χ2n) is 6.07. The lowest BCUT2D eigenvalue weighted by atomic mass is 10.2. The second-order valence-corrected chi connectivity index (χ2v) is 7.96. The Kier molecular flexibility index (Phi) is 7.72. The Hall–Kier alpha value is -2.01. The fraction of sp³-hybridized carbons (Fsp3) is 0.529. The summed E-state index contributed by atoms with van der Waals surface area (Å²) in [5.41, 5.74) is 0.951. The Morgan fingerprint density at radius 2 is 1.89 bits per heavy atom. The Balaban J connectivity index is 2.01. The van der Waals surface area contributed by atoms with Gasteiger partial charge in [-0.15, -0.1) is 0 Å². The van der Waals surface area contributed by atoms with Gasteiger partial charge in [-0.25, -0.2) is 8.42 Å². The van der Waals surface area contributed by atoms with Crippen LogP contribution in [-0.2, 0) is 29.1 Å². The van der Waals surface area contributed by atoms with E-state index >= 15 is 0 Å². The smallest absolute Gasteiger partial charge is 0.309 e. The largest absolute Gasteiger partial charge is 0.383 e. The SMILES string of the molecule is COCCNC(=O)C(=O)NCC1OCCCN1S(=O)(=O)c1ccc(C)cc1. The molecular formula is C17H25N3O6S. The highest BCUT2D eigenvalue weighted by Gasteiger charge is 2.34. The van der Waals surface area contributed by atoms with Gasteiger partial charge < -0.3 is 20.1 Å². The van der Waals surface area contributed by atoms with Crippen molar-refractivity contribution in [2.24, 2.45) is 0 Å². The molecule has 0 aliphatic carbocycles. The lowest BCUT2D eigenvalue weighted by Crippen LogP contribution is -2.53. The third-order valence-corrected chi connectivity index (χ3v) is 5.92. The maximum Gasteiger partial charge on any atom is 0.309 e. The normalized spacial score (nSPS) is 18.1. The molecular weight excluding hydrogens is 374 g/mol. The van der Waals surface area contributed by atoms with Crippen LogP contribution in [0.1, 0.15) is 12.0 Å². The minimum absolute atomic E-state index is 0.123. The topological polar surface area (TPSA) is 114 Å². The number of carbonyl (C=O) groups excluding carboxylic acids is 2. The lowest BCUT2D eigenvalue weighted by molar-refractivity contribution is -0.140. The molecule has 2 rings (SSSR count).